The zero-order valence-electron chi connectivity index (χ0n) is 22.3. The highest BCUT2D eigenvalue weighted by molar-refractivity contribution is 5.71. The van der Waals surface area contributed by atoms with E-state index in [1.807, 2.05) is 0 Å². The summed E-state index contributed by atoms with van der Waals surface area (Å²) < 4.78 is 33.1. The number of carbonyl (C=O) groups is 1. The molecule has 0 aromatic rings. The van der Waals surface area contributed by atoms with E-state index < -0.39 is 12.4 Å². The van der Waals surface area contributed by atoms with E-state index in [1.165, 1.54) is 140 Å². The van der Waals surface area contributed by atoms with Gasteiger partial charge in [0.25, 0.3) is 0 Å². The summed E-state index contributed by atoms with van der Waals surface area (Å²) in [5, 5.41) is 0. The highest BCUT2D eigenvalue weighted by Crippen LogP contribution is 2.16. The molecule has 0 aliphatic carbocycles. The molecule has 0 radical (unpaired) electrons. The number of rotatable bonds is 22. The molecule has 3 nitrogen and oxygen atoms in total. The first-order chi connectivity index (χ1) is 15.9. The fourth-order valence-electron chi connectivity index (χ4n) is 4.19. The largest absolute Gasteiger partial charge is 0.414 e. The molecule has 0 aromatic carbocycles. The first-order valence-corrected chi connectivity index (χ1v) is 13.8. The van der Waals surface area contributed by atoms with E-state index in [0.29, 0.717) is 0 Å². The molecule has 0 aromatic heterocycles. The van der Waals surface area contributed by atoms with Crippen molar-refractivity contribution in [2.75, 3.05) is 26.7 Å². The number of halogens is 3. The summed E-state index contributed by atoms with van der Waals surface area (Å²) >= 11 is 0. The molecule has 0 heterocycles. The molecule has 0 bridgehead atoms. The van der Waals surface area contributed by atoms with Crippen molar-refractivity contribution in [2.24, 2.45) is 0 Å². The zero-order valence-corrected chi connectivity index (χ0v) is 22.3. The van der Waals surface area contributed by atoms with Crippen LogP contribution in [0.4, 0.5) is 13.3 Å². The molecule has 0 atom stereocenters. The Morgan fingerprint density at radius 1 is 0.606 bits per heavy atom. The van der Waals surface area contributed by atoms with Gasteiger partial charge < -0.3 is 4.48 Å². The number of hydrogen-bond donors (Lipinski definition) is 0. The Kier molecular flexibility index (Phi) is 26.9. The van der Waals surface area contributed by atoms with Gasteiger partial charge in [-0.15, -0.1) is 0 Å². The standard InChI is InChI=1S/C25H54N.C2HF3O2/c1-5-8-11-14-17-20-23-26(4,24-21-18-15-12-9-6-2)25-22-19-16-13-10-7-3;3-1(4)2(6)7-5/h5-25H2,1-4H3;1H/q+1;. The summed E-state index contributed by atoms with van der Waals surface area (Å²) in [5.74, 6) is -2.15. The molecule has 0 N–H and O–H groups in total. The molecule has 0 saturated heterocycles. The number of hydrogen-bond acceptors (Lipinski definition) is 2. The maximum atomic E-state index is 10.7. The number of carbonyl (C=O) groups excluding carboxylic acids is 1. The zero-order chi connectivity index (χ0) is 25.2. The normalized spacial score (nSPS) is 11.4. The monoisotopic (exact) mass is 482 g/mol. The van der Waals surface area contributed by atoms with E-state index in [0.717, 1.165) is 0 Å². The van der Waals surface area contributed by atoms with Crippen molar-refractivity contribution in [3.63, 3.8) is 0 Å². The van der Waals surface area contributed by atoms with Gasteiger partial charge in [-0.1, -0.05) is 97.8 Å². The van der Waals surface area contributed by atoms with Gasteiger partial charge in [-0.3, -0.25) is 0 Å². The minimum Gasteiger partial charge on any atom is -0.326 e. The maximum absolute atomic E-state index is 10.7. The third kappa shape index (κ3) is 25.7. The van der Waals surface area contributed by atoms with E-state index in [2.05, 4.69) is 32.8 Å². The van der Waals surface area contributed by atoms with E-state index in [9.17, 15) is 13.3 Å². The van der Waals surface area contributed by atoms with E-state index >= 15 is 0 Å². The van der Waals surface area contributed by atoms with Gasteiger partial charge in [-0.2, -0.15) is 8.78 Å². The molecule has 0 rings (SSSR count). The predicted octanol–water partition coefficient (Wildman–Crippen LogP) is 9.19. The second-order valence-corrected chi connectivity index (χ2v) is 9.79. The van der Waals surface area contributed by atoms with Crippen LogP contribution in [-0.2, 0) is 9.74 Å². The molecule has 0 fully saturated rings. The minimum absolute atomic E-state index is 1.36. The van der Waals surface area contributed by atoms with Crippen molar-refractivity contribution in [1.82, 2.24) is 0 Å². The summed E-state index contributed by atoms with van der Waals surface area (Å²) in [6.45, 7) is 11.2. The van der Waals surface area contributed by atoms with Gasteiger partial charge in [-0.25, -0.2) is 9.74 Å². The molecule has 0 saturated carbocycles. The fraction of sp³-hybridized carbons (Fsp3) is 0.963. The molecular formula is C27H55F3NO2+. The summed E-state index contributed by atoms with van der Waals surface area (Å²) in [4.78, 5) is 11.3. The van der Waals surface area contributed by atoms with E-state index in [1.54, 1.807) is 0 Å². The second-order valence-electron chi connectivity index (χ2n) is 9.79. The van der Waals surface area contributed by atoms with Crippen LogP contribution in [0.5, 0.6) is 0 Å². The molecule has 200 valence electrons. The number of nitrogens with zero attached hydrogens (tertiary/aromatic N) is 1. The first kappa shape index (κ1) is 34.4. The van der Waals surface area contributed by atoms with Crippen molar-refractivity contribution >= 4 is 5.97 Å². The lowest BCUT2D eigenvalue weighted by Crippen LogP contribution is -2.46. The molecule has 0 spiro atoms. The van der Waals surface area contributed by atoms with Gasteiger partial charge in [0.15, 0.2) is 0 Å². The summed E-state index contributed by atoms with van der Waals surface area (Å²) in [7, 11) is 2.56. The summed E-state index contributed by atoms with van der Waals surface area (Å²) in [6.07, 6.45) is 22.5. The number of unbranched alkanes of at least 4 members (excludes halogenated alkanes) is 15. The van der Waals surface area contributed by atoms with Crippen molar-refractivity contribution in [3.05, 3.63) is 0 Å². The summed E-state index contributed by atoms with van der Waals surface area (Å²) in [6, 6.07) is 0. The van der Waals surface area contributed by atoms with Crippen LogP contribution in [0.3, 0.4) is 0 Å². The van der Waals surface area contributed by atoms with Gasteiger partial charge in [0.2, 0.25) is 0 Å². The number of quaternary nitrogens is 1. The van der Waals surface area contributed by atoms with Crippen LogP contribution in [0.1, 0.15) is 136 Å². The Labute approximate surface area is 203 Å². The Balaban J connectivity index is 0. The molecule has 0 aliphatic rings. The van der Waals surface area contributed by atoms with Gasteiger partial charge in [0.05, 0.1) is 26.7 Å². The molecule has 0 unspecified atom stereocenters. The molecule has 33 heavy (non-hydrogen) atoms. The first-order valence-electron chi connectivity index (χ1n) is 13.8. The van der Waals surface area contributed by atoms with Crippen molar-refractivity contribution in [3.8, 4) is 0 Å². The van der Waals surface area contributed by atoms with Crippen LogP contribution in [0.15, 0.2) is 0 Å². The highest BCUT2D eigenvalue weighted by Gasteiger charge is 2.20. The van der Waals surface area contributed by atoms with E-state index in [-0.39, 0.29) is 0 Å². The molecule has 0 amide bonds. The smallest absolute Gasteiger partial charge is 0.326 e. The summed E-state index contributed by atoms with van der Waals surface area (Å²) in [5.41, 5.74) is 0. The van der Waals surface area contributed by atoms with Crippen LogP contribution in [-0.4, -0.2) is 43.6 Å². The average molecular weight is 483 g/mol. The molecular weight excluding hydrogens is 427 g/mol. The highest BCUT2D eigenvalue weighted by atomic mass is 19.3. The Bertz CT molecular complexity index is 368. The van der Waals surface area contributed by atoms with Gasteiger partial charge in [0.1, 0.15) is 0 Å². The Hall–Kier alpha value is -0.780. The lowest BCUT2D eigenvalue weighted by Gasteiger charge is -2.35. The third-order valence-electron chi connectivity index (χ3n) is 6.41. The third-order valence-corrected chi connectivity index (χ3v) is 6.41. The molecule has 0 aliphatic heterocycles. The van der Waals surface area contributed by atoms with Crippen LogP contribution < -0.4 is 0 Å². The lowest BCUT2D eigenvalue weighted by molar-refractivity contribution is -0.910. The van der Waals surface area contributed by atoms with E-state index in [4.69, 9.17) is 4.79 Å². The lowest BCUT2D eigenvalue weighted by atomic mass is 10.1. The quantitative estimate of drug-likeness (QED) is 0.114. The molecule has 6 heteroatoms. The SMILES string of the molecule is CCCCCCCC[N+](C)(CCCCCCCC)CCCCCCCC.O=C(OF)C(F)F. The van der Waals surface area contributed by atoms with Crippen molar-refractivity contribution < 1.29 is 27.5 Å². The van der Waals surface area contributed by atoms with Crippen molar-refractivity contribution in [1.29, 1.82) is 0 Å². The van der Waals surface area contributed by atoms with Crippen LogP contribution in [0.25, 0.3) is 0 Å². The van der Waals surface area contributed by atoms with Crippen LogP contribution in [0, 0.1) is 0 Å². The van der Waals surface area contributed by atoms with Crippen LogP contribution in [0.2, 0.25) is 0 Å². The average Bonchev–Trinajstić information content (AvgIpc) is 2.80. The Morgan fingerprint density at radius 2 is 0.879 bits per heavy atom. The van der Waals surface area contributed by atoms with Gasteiger partial charge in [0, 0.05) is 4.53 Å². The Morgan fingerprint density at radius 3 is 1.09 bits per heavy atom. The topological polar surface area (TPSA) is 26.3 Å². The van der Waals surface area contributed by atoms with Crippen molar-refractivity contribution in [2.45, 2.75) is 143 Å². The minimum atomic E-state index is -3.37. The van der Waals surface area contributed by atoms with Gasteiger partial charge in [-0.05, 0) is 38.5 Å². The predicted molar refractivity (Wildman–Crippen MR) is 134 cm³/mol. The fourth-order valence-corrected chi connectivity index (χ4v) is 4.19. The second kappa shape index (κ2) is 25.8. The van der Waals surface area contributed by atoms with Crippen LogP contribution >= 0.6 is 0 Å². The van der Waals surface area contributed by atoms with Gasteiger partial charge >= 0.3 is 12.4 Å². The maximum Gasteiger partial charge on any atom is 0.414 e. The number of alkyl halides is 2.